The third kappa shape index (κ3) is 4.53. The summed E-state index contributed by atoms with van der Waals surface area (Å²) in [4.78, 5) is 25.0. The summed E-state index contributed by atoms with van der Waals surface area (Å²) in [6.45, 7) is 3.51. The van der Waals surface area contributed by atoms with E-state index in [1.807, 2.05) is 6.92 Å². The molecule has 0 aliphatic carbocycles. The average molecular weight is 267 g/mol. The predicted octanol–water partition coefficient (Wildman–Crippen LogP) is 2.35. The lowest BCUT2D eigenvalue weighted by atomic mass is 10.1. The Labute approximate surface area is 110 Å². The molecule has 0 fully saturated rings. The molecule has 19 heavy (non-hydrogen) atoms. The second-order valence-corrected chi connectivity index (χ2v) is 4.29. The monoisotopic (exact) mass is 267 g/mol. The fourth-order valence-corrected chi connectivity index (χ4v) is 1.82. The fraction of sp³-hybridized carbons (Fsp3) is 0.500. The number of aromatic nitrogens is 1. The minimum absolute atomic E-state index is 0.00838. The Morgan fingerprint density at radius 2 is 2.26 bits per heavy atom. The van der Waals surface area contributed by atoms with E-state index in [0.717, 1.165) is 6.42 Å². The zero-order chi connectivity index (χ0) is 14.4. The van der Waals surface area contributed by atoms with Gasteiger partial charge in [0.2, 0.25) is 0 Å². The number of hydrogen-bond acceptors (Lipinski definition) is 5. The number of nitrogens with zero attached hydrogens (tertiary/aromatic N) is 2. The molecule has 0 radical (unpaired) electrons. The van der Waals surface area contributed by atoms with E-state index < -0.39 is 10.9 Å². The number of pyridine rings is 1. The maximum absolute atomic E-state index is 10.7. The molecule has 0 amide bonds. The van der Waals surface area contributed by atoms with Gasteiger partial charge in [0.05, 0.1) is 11.3 Å². The van der Waals surface area contributed by atoms with Crippen LogP contribution in [0.1, 0.15) is 31.9 Å². The van der Waals surface area contributed by atoms with Crippen molar-refractivity contribution in [2.45, 2.75) is 39.2 Å². The second kappa shape index (κ2) is 6.67. The molecule has 0 saturated carbocycles. The van der Waals surface area contributed by atoms with E-state index in [0.29, 0.717) is 17.9 Å². The van der Waals surface area contributed by atoms with Crippen LogP contribution in [-0.2, 0) is 4.79 Å². The molecule has 1 rings (SSSR count). The molecule has 2 N–H and O–H groups in total. The Kier molecular flexibility index (Phi) is 5.23. The first-order valence-corrected chi connectivity index (χ1v) is 6.04. The van der Waals surface area contributed by atoms with E-state index in [2.05, 4.69) is 10.3 Å². The van der Waals surface area contributed by atoms with Crippen LogP contribution in [0, 0.1) is 17.0 Å². The summed E-state index contributed by atoms with van der Waals surface area (Å²) in [6.07, 6.45) is 1.53. The van der Waals surface area contributed by atoms with Gasteiger partial charge in [0.15, 0.2) is 0 Å². The number of anilines is 1. The largest absolute Gasteiger partial charge is 0.481 e. The first kappa shape index (κ1) is 14.9. The van der Waals surface area contributed by atoms with E-state index in [9.17, 15) is 14.9 Å². The van der Waals surface area contributed by atoms with Crippen LogP contribution in [0.25, 0.3) is 0 Å². The second-order valence-electron chi connectivity index (χ2n) is 4.29. The normalized spacial score (nSPS) is 11.9. The third-order valence-corrected chi connectivity index (χ3v) is 2.66. The van der Waals surface area contributed by atoms with Gasteiger partial charge in [-0.15, -0.1) is 0 Å². The maximum atomic E-state index is 10.7. The highest BCUT2D eigenvalue weighted by Gasteiger charge is 2.15. The molecular formula is C12H17N3O4. The Morgan fingerprint density at radius 1 is 1.58 bits per heavy atom. The lowest BCUT2D eigenvalue weighted by molar-refractivity contribution is -0.385. The molecule has 0 aromatic carbocycles. The maximum Gasteiger partial charge on any atom is 0.305 e. The first-order valence-electron chi connectivity index (χ1n) is 6.04. The average Bonchev–Trinajstić information content (AvgIpc) is 2.27. The molecule has 0 aliphatic rings. The van der Waals surface area contributed by atoms with Crippen LogP contribution in [0.5, 0.6) is 0 Å². The fourth-order valence-electron chi connectivity index (χ4n) is 1.82. The highest BCUT2D eigenvalue weighted by Crippen LogP contribution is 2.19. The van der Waals surface area contributed by atoms with Crippen LogP contribution < -0.4 is 5.32 Å². The van der Waals surface area contributed by atoms with E-state index in [1.165, 1.54) is 12.1 Å². The number of aliphatic carboxylic acids is 1. The van der Waals surface area contributed by atoms with E-state index in [1.54, 1.807) is 6.92 Å². The summed E-state index contributed by atoms with van der Waals surface area (Å²) < 4.78 is 0. The highest BCUT2D eigenvalue weighted by molar-refractivity contribution is 5.68. The van der Waals surface area contributed by atoms with Gasteiger partial charge >= 0.3 is 5.97 Å². The van der Waals surface area contributed by atoms with Crippen LogP contribution in [-0.4, -0.2) is 27.0 Å². The number of nitrogens with one attached hydrogen (secondary N) is 1. The Hall–Kier alpha value is -2.18. The van der Waals surface area contributed by atoms with Gasteiger partial charge < -0.3 is 10.4 Å². The van der Waals surface area contributed by atoms with Crippen LogP contribution in [0.15, 0.2) is 12.1 Å². The van der Waals surface area contributed by atoms with Crippen molar-refractivity contribution in [1.29, 1.82) is 0 Å². The molecule has 0 saturated heterocycles. The smallest absolute Gasteiger partial charge is 0.305 e. The molecule has 7 heteroatoms. The number of carboxylic acid groups (broad SMARTS) is 1. The van der Waals surface area contributed by atoms with Gasteiger partial charge in [-0.25, -0.2) is 4.98 Å². The Bertz CT molecular complexity index is 476. The number of carbonyl (C=O) groups is 1. The number of nitro groups is 1. The molecule has 0 aliphatic heterocycles. The zero-order valence-electron chi connectivity index (χ0n) is 10.9. The molecule has 1 unspecified atom stereocenters. The molecule has 0 bridgehead atoms. The van der Waals surface area contributed by atoms with Crippen molar-refractivity contribution in [3.63, 3.8) is 0 Å². The quantitative estimate of drug-likeness (QED) is 0.580. The SMILES string of the molecule is CCCC(CC(=O)O)Nc1ccc([N+](=O)[O-])c(C)n1. The van der Waals surface area contributed by atoms with Crippen LogP contribution in [0.4, 0.5) is 11.5 Å². The number of rotatable bonds is 7. The lowest BCUT2D eigenvalue weighted by Crippen LogP contribution is -2.23. The summed E-state index contributed by atoms with van der Waals surface area (Å²) in [6, 6.07) is 2.64. The summed E-state index contributed by atoms with van der Waals surface area (Å²) >= 11 is 0. The Balaban J connectivity index is 2.82. The number of hydrogen-bond donors (Lipinski definition) is 2. The number of aryl methyl sites for hydroxylation is 1. The predicted molar refractivity (Wildman–Crippen MR) is 70.2 cm³/mol. The standard InChI is InChI=1S/C12H17N3O4/c1-3-4-9(7-12(16)17)14-11-6-5-10(15(18)19)8(2)13-11/h5-6,9H,3-4,7H2,1-2H3,(H,13,14)(H,16,17). The summed E-state index contributed by atoms with van der Waals surface area (Å²) in [5.41, 5.74) is 0.261. The zero-order valence-corrected chi connectivity index (χ0v) is 10.9. The van der Waals surface area contributed by atoms with Crippen molar-refractivity contribution in [3.05, 3.63) is 27.9 Å². The molecule has 0 spiro atoms. The molecule has 1 atom stereocenters. The van der Waals surface area contributed by atoms with Gasteiger partial charge in [-0.1, -0.05) is 13.3 Å². The van der Waals surface area contributed by atoms with Gasteiger partial charge in [0.25, 0.3) is 5.69 Å². The molecule has 1 heterocycles. The van der Waals surface area contributed by atoms with Gasteiger partial charge in [0, 0.05) is 12.1 Å². The molecule has 1 aromatic rings. The lowest BCUT2D eigenvalue weighted by Gasteiger charge is -2.16. The van der Waals surface area contributed by atoms with Gasteiger partial charge in [-0.3, -0.25) is 14.9 Å². The minimum atomic E-state index is -0.885. The minimum Gasteiger partial charge on any atom is -0.481 e. The van der Waals surface area contributed by atoms with E-state index >= 15 is 0 Å². The van der Waals surface area contributed by atoms with E-state index in [4.69, 9.17) is 5.11 Å². The third-order valence-electron chi connectivity index (χ3n) is 2.66. The van der Waals surface area contributed by atoms with Crippen LogP contribution in [0.2, 0.25) is 0 Å². The highest BCUT2D eigenvalue weighted by atomic mass is 16.6. The van der Waals surface area contributed by atoms with Crippen molar-refractivity contribution >= 4 is 17.5 Å². The first-order chi connectivity index (χ1) is 8.93. The van der Waals surface area contributed by atoms with Crippen molar-refractivity contribution in [2.24, 2.45) is 0 Å². The summed E-state index contributed by atoms with van der Waals surface area (Å²) in [5.74, 6) is -0.424. The van der Waals surface area contributed by atoms with Crippen molar-refractivity contribution in [1.82, 2.24) is 4.98 Å². The summed E-state index contributed by atoms with van der Waals surface area (Å²) in [5, 5.41) is 22.5. The van der Waals surface area contributed by atoms with Crippen molar-refractivity contribution in [2.75, 3.05) is 5.32 Å². The molecule has 7 nitrogen and oxygen atoms in total. The number of carboxylic acids is 1. The van der Waals surface area contributed by atoms with Crippen LogP contribution >= 0.6 is 0 Å². The topological polar surface area (TPSA) is 105 Å². The molecule has 104 valence electrons. The molecular weight excluding hydrogens is 250 g/mol. The van der Waals surface area contributed by atoms with Crippen molar-refractivity contribution < 1.29 is 14.8 Å². The van der Waals surface area contributed by atoms with Crippen LogP contribution in [0.3, 0.4) is 0 Å². The summed E-state index contributed by atoms with van der Waals surface area (Å²) in [7, 11) is 0. The van der Waals surface area contributed by atoms with Gasteiger partial charge in [-0.2, -0.15) is 0 Å². The van der Waals surface area contributed by atoms with Gasteiger partial charge in [0.1, 0.15) is 11.5 Å². The Morgan fingerprint density at radius 3 is 2.74 bits per heavy atom. The van der Waals surface area contributed by atoms with E-state index in [-0.39, 0.29) is 18.2 Å². The van der Waals surface area contributed by atoms with Crippen molar-refractivity contribution in [3.8, 4) is 0 Å². The van der Waals surface area contributed by atoms with Gasteiger partial charge in [-0.05, 0) is 19.4 Å². The molecule has 1 aromatic heterocycles.